The molecule has 4 rings (SSSR count). The van der Waals surface area contributed by atoms with Gasteiger partial charge in [0.2, 0.25) is 5.91 Å². The molecule has 0 saturated carbocycles. The Morgan fingerprint density at radius 1 is 1.10 bits per heavy atom. The SMILES string of the molecule is Cc1ccc2c(c1)CCCN2C(C)C(=O)Nc1c(C)n(C)n(-c2ccccc2)c1=O. The Balaban J connectivity index is 1.62. The summed E-state index contributed by atoms with van der Waals surface area (Å²) in [4.78, 5) is 28.4. The molecule has 2 heterocycles. The van der Waals surface area contributed by atoms with Gasteiger partial charge in [-0.25, -0.2) is 4.68 Å². The summed E-state index contributed by atoms with van der Waals surface area (Å²) in [7, 11) is 1.83. The van der Waals surface area contributed by atoms with Gasteiger partial charge in [0.1, 0.15) is 11.7 Å². The van der Waals surface area contributed by atoms with Crippen LogP contribution in [0, 0.1) is 13.8 Å². The molecule has 2 aromatic carbocycles. The molecular formula is C24H28N4O2. The number of fused-ring (bicyclic) bond motifs is 1. The van der Waals surface area contributed by atoms with Crippen LogP contribution in [0.4, 0.5) is 11.4 Å². The normalized spacial score (nSPS) is 14.3. The quantitative estimate of drug-likeness (QED) is 0.723. The number of hydrogen-bond donors (Lipinski definition) is 1. The van der Waals surface area contributed by atoms with Crippen molar-refractivity contribution in [3.05, 3.63) is 75.7 Å². The average molecular weight is 405 g/mol. The molecule has 30 heavy (non-hydrogen) atoms. The zero-order chi connectivity index (χ0) is 21.4. The van der Waals surface area contributed by atoms with Gasteiger partial charge < -0.3 is 10.2 Å². The number of carbonyl (C=O) groups excluding carboxylic acids is 1. The molecule has 0 aliphatic carbocycles. The lowest BCUT2D eigenvalue weighted by Gasteiger charge is -2.35. The molecule has 0 spiro atoms. The Labute approximate surface area is 176 Å². The van der Waals surface area contributed by atoms with Crippen molar-refractivity contribution >= 4 is 17.3 Å². The lowest BCUT2D eigenvalue weighted by Crippen LogP contribution is -2.45. The molecule has 0 fully saturated rings. The number of aryl methyl sites for hydroxylation is 2. The molecule has 0 saturated heterocycles. The topological polar surface area (TPSA) is 59.3 Å². The van der Waals surface area contributed by atoms with Crippen LogP contribution in [0.3, 0.4) is 0 Å². The number of anilines is 2. The summed E-state index contributed by atoms with van der Waals surface area (Å²) in [6.07, 6.45) is 2.04. The van der Waals surface area contributed by atoms with E-state index < -0.39 is 0 Å². The van der Waals surface area contributed by atoms with Crippen LogP contribution in [0.5, 0.6) is 0 Å². The molecule has 3 aromatic rings. The lowest BCUT2D eigenvalue weighted by atomic mass is 9.98. The van der Waals surface area contributed by atoms with Crippen molar-refractivity contribution in [3.8, 4) is 5.69 Å². The monoisotopic (exact) mass is 404 g/mol. The Morgan fingerprint density at radius 2 is 1.83 bits per heavy atom. The summed E-state index contributed by atoms with van der Waals surface area (Å²) in [6.45, 7) is 6.66. The number of amides is 1. The van der Waals surface area contributed by atoms with E-state index in [2.05, 4.69) is 35.3 Å². The van der Waals surface area contributed by atoms with Gasteiger partial charge in [-0.15, -0.1) is 0 Å². The molecular weight excluding hydrogens is 376 g/mol. The first-order valence-corrected chi connectivity index (χ1v) is 10.4. The van der Waals surface area contributed by atoms with E-state index in [0.717, 1.165) is 36.5 Å². The van der Waals surface area contributed by atoms with Crippen molar-refractivity contribution in [3.63, 3.8) is 0 Å². The van der Waals surface area contributed by atoms with E-state index in [0.29, 0.717) is 5.69 Å². The van der Waals surface area contributed by atoms with E-state index in [1.807, 2.05) is 51.2 Å². The number of carbonyl (C=O) groups is 1. The number of aromatic nitrogens is 2. The zero-order valence-corrected chi connectivity index (χ0v) is 18.0. The number of nitrogens with zero attached hydrogens (tertiary/aromatic N) is 3. The molecule has 1 atom stereocenters. The summed E-state index contributed by atoms with van der Waals surface area (Å²) >= 11 is 0. The van der Waals surface area contributed by atoms with Crippen molar-refractivity contribution in [2.45, 2.75) is 39.7 Å². The third-order valence-corrected chi connectivity index (χ3v) is 6.04. The van der Waals surface area contributed by atoms with Crippen LogP contribution in [0.25, 0.3) is 5.69 Å². The summed E-state index contributed by atoms with van der Waals surface area (Å²) in [5, 5.41) is 2.91. The molecule has 6 heteroatoms. The molecule has 0 bridgehead atoms. The van der Waals surface area contributed by atoms with Crippen LogP contribution in [-0.4, -0.2) is 27.9 Å². The minimum absolute atomic E-state index is 0.172. The lowest BCUT2D eigenvalue weighted by molar-refractivity contribution is -0.117. The largest absolute Gasteiger partial charge is 0.360 e. The van der Waals surface area contributed by atoms with Crippen molar-refractivity contribution in [2.75, 3.05) is 16.8 Å². The summed E-state index contributed by atoms with van der Waals surface area (Å²) < 4.78 is 3.35. The Bertz CT molecular complexity index is 1140. The second-order valence-electron chi connectivity index (χ2n) is 8.03. The van der Waals surface area contributed by atoms with E-state index in [1.54, 1.807) is 9.36 Å². The molecule has 1 N–H and O–H groups in total. The molecule has 1 aliphatic heterocycles. The highest BCUT2D eigenvalue weighted by molar-refractivity contribution is 5.97. The van der Waals surface area contributed by atoms with Crippen molar-refractivity contribution in [1.29, 1.82) is 0 Å². The van der Waals surface area contributed by atoms with E-state index >= 15 is 0 Å². The number of nitrogens with one attached hydrogen (secondary N) is 1. The van der Waals surface area contributed by atoms with Gasteiger partial charge in [0.15, 0.2) is 0 Å². The van der Waals surface area contributed by atoms with Gasteiger partial charge in [0.25, 0.3) is 5.56 Å². The fourth-order valence-corrected chi connectivity index (χ4v) is 4.24. The number of hydrogen-bond acceptors (Lipinski definition) is 3. The highest BCUT2D eigenvalue weighted by atomic mass is 16.2. The molecule has 1 aliphatic rings. The van der Waals surface area contributed by atoms with E-state index in [4.69, 9.17) is 0 Å². The molecule has 1 amide bonds. The standard InChI is InChI=1S/C24H28N4O2/c1-16-12-13-21-19(15-16)9-8-14-27(21)18(3)23(29)25-22-17(2)26(4)28(24(22)30)20-10-6-5-7-11-20/h5-7,10-13,15,18H,8-9,14H2,1-4H3,(H,25,29). The van der Waals surface area contributed by atoms with Crippen LogP contribution in [0.2, 0.25) is 0 Å². The number of benzene rings is 2. The first-order chi connectivity index (χ1) is 14.4. The zero-order valence-electron chi connectivity index (χ0n) is 18.0. The Hall–Kier alpha value is -3.28. The highest BCUT2D eigenvalue weighted by Crippen LogP contribution is 2.30. The van der Waals surface area contributed by atoms with E-state index in [-0.39, 0.29) is 17.5 Å². The minimum Gasteiger partial charge on any atom is -0.360 e. The first-order valence-electron chi connectivity index (χ1n) is 10.4. The fraction of sp³-hybridized carbons (Fsp3) is 0.333. The maximum atomic E-state index is 13.1. The van der Waals surface area contributed by atoms with Gasteiger partial charge in [-0.05, 0) is 57.4 Å². The number of para-hydroxylation sites is 1. The first kappa shape index (κ1) is 20.0. The van der Waals surface area contributed by atoms with Gasteiger partial charge in [-0.2, -0.15) is 0 Å². The summed E-state index contributed by atoms with van der Waals surface area (Å²) in [6, 6.07) is 15.4. The van der Waals surface area contributed by atoms with Gasteiger partial charge in [-0.3, -0.25) is 14.3 Å². The predicted molar refractivity (Wildman–Crippen MR) is 121 cm³/mol. The van der Waals surface area contributed by atoms with Crippen LogP contribution in [0.1, 0.15) is 30.2 Å². The third-order valence-electron chi connectivity index (χ3n) is 6.04. The maximum Gasteiger partial charge on any atom is 0.295 e. The molecule has 1 aromatic heterocycles. The molecule has 0 radical (unpaired) electrons. The molecule has 1 unspecified atom stereocenters. The highest BCUT2D eigenvalue weighted by Gasteiger charge is 2.28. The van der Waals surface area contributed by atoms with Crippen LogP contribution >= 0.6 is 0 Å². The predicted octanol–water partition coefficient (Wildman–Crippen LogP) is 3.57. The second-order valence-corrected chi connectivity index (χ2v) is 8.03. The summed E-state index contributed by atoms with van der Waals surface area (Å²) in [5.41, 5.74) is 5.22. The van der Waals surface area contributed by atoms with Crippen LogP contribution in [-0.2, 0) is 18.3 Å². The third kappa shape index (κ3) is 3.43. The second kappa shape index (κ2) is 7.86. The van der Waals surface area contributed by atoms with E-state index in [9.17, 15) is 9.59 Å². The smallest absolute Gasteiger partial charge is 0.295 e. The maximum absolute atomic E-state index is 13.1. The van der Waals surface area contributed by atoms with Crippen molar-refractivity contribution < 1.29 is 4.79 Å². The van der Waals surface area contributed by atoms with Crippen molar-refractivity contribution in [2.24, 2.45) is 7.05 Å². The van der Waals surface area contributed by atoms with Gasteiger partial charge in [-0.1, -0.05) is 35.9 Å². The Kier molecular flexibility index (Phi) is 5.24. The molecule has 6 nitrogen and oxygen atoms in total. The van der Waals surface area contributed by atoms with Gasteiger partial charge in [0.05, 0.1) is 11.4 Å². The van der Waals surface area contributed by atoms with Gasteiger partial charge >= 0.3 is 0 Å². The van der Waals surface area contributed by atoms with Crippen molar-refractivity contribution in [1.82, 2.24) is 9.36 Å². The summed E-state index contributed by atoms with van der Waals surface area (Å²) in [5.74, 6) is -0.172. The Morgan fingerprint density at radius 3 is 2.57 bits per heavy atom. The van der Waals surface area contributed by atoms with Crippen LogP contribution in [0.15, 0.2) is 53.3 Å². The molecule has 156 valence electrons. The van der Waals surface area contributed by atoms with E-state index in [1.165, 1.54) is 11.1 Å². The van der Waals surface area contributed by atoms with Crippen LogP contribution < -0.4 is 15.8 Å². The minimum atomic E-state index is -0.379. The number of rotatable bonds is 4. The average Bonchev–Trinajstić information content (AvgIpc) is 2.96. The fourth-order valence-electron chi connectivity index (χ4n) is 4.24. The van der Waals surface area contributed by atoms with Gasteiger partial charge in [0, 0.05) is 19.3 Å².